The van der Waals surface area contributed by atoms with Gasteiger partial charge >= 0.3 is 6.03 Å². The van der Waals surface area contributed by atoms with Gasteiger partial charge < -0.3 is 15.6 Å². The third-order valence-corrected chi connectivity index (χ3v) is 5.87. The second-order valence-corrected chi connectivity index (χ2v) is 7.79. The number of aryl methyl sites for hydroxylation is 1. The number of carbonyl (C=O) groups excluding carboxylic acids is 3. The summed E-state index contributed by atoms with van der Waals surface area (Å²) >= 11 is 0. The predicted molar refractivity (Wildman–Crippen MR) is 113 cm³/mol. The van der Waals surface area contributed by atoms with Crippen molar-refractivity contribution in [3.8, 4) is 0 Å². The molecule has 0 saturated carbocycles. The first kappa shape index (κ1) is 18.4. The highest BCUT2D eigenvalue weighted by molar-refractivity contribution is 6.22. The minimum Gasteiger partial charge on any atom is -0.356 e. The molecule has 1 aliphatic carbocycles. The van der Waals surface area contributed by atoms with E-state index in [4.69, 9.17) is 0 Å². The Morgan fingerprint density at radius 3 is 2.67 bits per heavy atom. The molecule has 4 amide bonds. The van der Waals surface area contributed by atoms with Crippen LogP contribution in [0.1, 0.15) is 36.6 Å². The molecule has 2 atom stereocenters. The summed E-state index contributed by atoms with van der Waals surface area (Å²) in [5, 5.41) is 6.89. The third kappa shape index (κ3) is 3.12. The number of benzene rings is 2. The number of H-pyrrole nitrogens is 1. The van der Waals surface area contributed by atoms with Crippen LogP contribution in [0.3, 0.4) is 0 Å². The lowest BCUT2D eigenvalue weighted by molar-refractivity contribution is -0.126. The summed E-state index contributed by atoms with van der Waals surface area (Å²) in [5.41, 5.74) is 3.87. The van der Waals surface area contributed by atoms with Gasteiger partial charge in [0, 0.05) is 16.6 Å². The van der Waals surface area contributed by atoms with Crippen molar-refractivity contribution in [3.63, 3.8) is 0 Å². The molecular weight excluding hydrogens is 380 g/mol. The second-order valence-electron chi connectivity index (χ2n) is 7.79. The lowest BCUT2D eigenvalue weighted by atomic mass is 9.91. The van der Waals surface area contributed by atoms with E-state index in [1.165, 1.54) is 10.9 Å². The van der Waals surface area contributed by atoms with Gasteiger partial charge in [-0.05, 0) is 43.0 Å². The number of para-hydroxylation sites is 2. The topological polar surface area (TPSA) is 94.3 Å². The highest BCUT2D eigenvalue weighted by atomic mass is 16.2. The highest BCUT2D eigenvalue weighted by Gasteiger charge is 2.40. The van der Waals surface area contributed by atoms with Crippen LogP contribution in [-0.4, -0.2) is 28.9 Å². The normalized spacial score (nSPS) is 20.9. The molecule has 3 N–H and O–H groups in total. The van der Waals surface area contributed by atoms with E-state index in [0.29, 0.717) is 5.69 Å². The maximum atomic E-state index is 12.7. The number of urea groups is 1. The molecule has 0 unspecified atom stereocenters. The molecule has 1 aromatic heterocycles. The lowest BCUT2D eigenvalue weighted by Crippen LogP contribution is -2.38. The minimum absolute atomic E-state index is 0.0834. The van der Waals surface area contributed by atoms with E-state index in [1.807, 2.05) is 24.3 Å². The maximum Gasteiger partial charge on any atom is 0.329 e. The smallest absolute Gasteiger partial charge is 0.329 e. The van der Waals surface area contributed by atoms with Crippen LogP contribution in [0.15, 0.2) is 54.6 Å². The van der Waals surface area contributed by atoms with Crippen LogP contribution < -0.4 is 15.5 Å². The Bertz CT molecular complexity index is 1140. The minimum atomic E-state index is -0.858. The molecule has 2 aliphatic rings. The molecule has 0 bridgehead atoms. The first-order chi connectivity index (χ1) is 14.6. The summed E-state index contributed by atoms with van der Waals surface area (Å²) in [5.74, 6) is -0.656. The largest absolute Gasteiger partial charge is 0.356 e. The fraction of sp³-hybridized carbons (Fsp3) is 0.261. The summed E-state index contributed by atoms with van der Waals surface area (Å²) < 4.78 is 0. The molecule has 0 radical (unpaired) electrons. The molecule has 30 heavy (non-hydrogen) atoms. The molecule has 1 fully saturated rings. The van der Waals surface area contributed by atoms with Gasteiger partial charge in [0.2, 0.25) is 5.91 Å². The van der Waals surface area contributed by atoms with Crippen molar-refractivity contribution in [1.29, 1.82) is 0 Å². The Morgan fingerprint density at radius 2 is 1.83 bits per heavy atom. The molecule has 3 aromatic rings. The zero-order valence-electron chi connectivity index (χ0n) is 16.4. The van der Waals surface area contributed by atoms with E-state index in [1.54, 1.807) is 24.3 Å². The molecule has 152 valence electrons. The van der Waals surface area contributed by atoms with Gasteiger partial charge in [0.25, 0.3) is 5.91 Å². The summed E-state index contributed by atoms with van der Waals surface area (Å²) in [6.07, 6.45) is 2.72. The fourth-order valence-corrected chi connectivity index (χ4v) is 4.49. The Kier molecular flexibility index (Phi) is 4.50. The number of rotatable bonds is 4. The quantitative estimate of drug-likeness (QED) is 0.585. The van der Waals surface area contributed by atoms with E-state index < -0.39 is 18.0 Å². The summed E-state index contributed by atoms with van der Waals surface area (Å²) in [6.45, 7) is 0. The van der Waals surface area contributed by atoms with Crippen molar-refractivity contribution >= 4 is 34.4 Å². The summed E-state index contributed by atoms with van der Waals surface area (Å²) in [6, 6.07) is 15.4. The molecule has 1 aliphatic heterocycles. The molecule has 1 saturated heterocycles. The van der Waals surface area contributed by atoms with Gasteiger partial charge in [-0.2, -0.15) is 0 Å². The van der Waals surface area contributed by atoms with Crippen molar-refractivity contribution in [2.24, 2.45) is 0 Å². The van der Waals surface area contributed by atoms with Crippen molar-refractivity contribution < 1.29 is 14.4 Å². The molecule has 7 heteroatoms. The van der Waals surface area contributed by atoms with E-state index in [2.05, 4.69) is 21.7 Å². The van der Waals surface area contributed by atoms with Crippen molar-refractivity contribution in [2.75, 3.05) is 4.90 Å². The first-order valence-electron chi connectivity index (χ1n) is 10.2. The zero-order chi connectivity index (χ0) is 20.7. The number of fused-ring (bicyclic) bond motifs is 3. The Hall–Kier alpha value is -3.61. The van der Waals surface area contributed by atoms with Gasteiger partial charge in [-0.25, -0.2) is 9.69 Å². The van der Waals surface area contributed by atoms with E-state index >= 15 is 0 Å². The number of carbonyl (C=O) groups is 3. The number of aromatic amines is 1. The van der Waals surface area contributed by atoms with Gasteiger partial charge in [-0.3, -0.25) is 9.59 Å². The summed E-state index contributed by atoms with van der Waals surface area (Å²) in [7, 11) is 0. The van der Waals surface area contributed by atoms with E-state index in [9.17, 15) is 14.4 Å². The van der Waals surface area contributed by atoms with Gasteiger partial charge in [-0.1, -0.05) is 36.4 Å². The average molecular weight is 402 g/mol. The van der Waals surface area contributed by atoms with Gasteiger partial charge in [0.1, 0.15) is 6.04 Å². The lowest BCUT2D eigenvalue weighted by Gasteiger charge is -2.24. The van der Waals surface area contributed by atoms with Gasteiger partial charge in [-0.15, -0.1) is 0 Å². The number of hydrogen-bond acceptors (Lipinski definition) is 3. The van der Waals surface area contributed by atoms with Crippen LogP contribution in [0.5, 0.6) is 0 Å². The average Bonchev–Trinajstić information content (AvgIpc) is 3.26. The maximum absolute atomic E-state index is 12.7. The molecule has 7 nitrogen and oxygen atoms in total. The number of nitrogens with one attached hydrogen (secondary N) is 3. The monoisotopic (exact) mass is 402 g/mol. The van der Waals surface area contributed by atoms with Crippen LogP contribution in [-0.2, 0) is 16.0 Å². The third-order valence-electron chi connectivity index (χ3n) is 5.87. The van der Waals surface area contributed by atoms with Crippen LogP contribution in [0.25, 0.3) is 10.9 Å². The van der Waals surface area contributed by atoms with Gasteiger partial charge in [0.15, 0.2) is 0 Å². The van der Waals surface area contributed by atoms with E-state index in [0.717, 1.165) is 35.4 Å². The van der Waals surface area contributed by atoms with Crippen molar-refractivity contribution in [2.45, 2.75) is 37.8 Å². The number of aromatic nitrogens is 1. The van der Waals surface area contributed by atoms with Crippen LogP contribution in [0, 0.1) is 0 Å². The van der Waals surface area contributed by atoms with Crippen LogP contribution in [0.2, 0.25) is 0 Å². The molecule has 2 aromatic carbocycles. The van der Waals surface area contributed by atoms with E-state index in [-0.39, 0.29) is 18.4 Å². The standard InChI is InChI=1S/C23H22N4O3/c28-20(13-19-22(29)27(23(30)26-19)14-7-2-1-3-8-14)24-18-12-6-10-16-15-9-4-5-11-17(15)25-21(16)18/h1-5,7-9,11,18-19,25H,6,10,12-13H2,(H,24,28)(H,26,30)/t18-,19-/m0/s1. The number of hydrogen-bond donors (Lipinski definition) is 3. The highest BCUT2D eigenvalue weighted by Crippen LogP contribution is 2.34. The Morgan fingerprint density at radius 1 is 1.07 bits per heavy atom. The van der Waals surface area contributed by atoms with Gasteiger partial charge in [0.05, 0.1) is 18.2 Å². The molecule has 0 spiro atoms. The Labute approximate surface area is 173 Å². The Balaban J connectivity index is 1.30. The number of amides is 4. The number of anilines is 1. The van der Waals surface area contributed by atoms with Crippen LogP contribution >= 0.6 is 0 Å². The predicted octanol–water partition coefficient (Wildman–Crippen LogP) is 3.18. The van der Waals surface area contributed by atoms with Crippen molar-refractivity contribution in [3.05, 3.63) is 65.9 Å². The number of imide groups is 1. The van der Waals surface area contributed by atoms with Crippen molar-refractivity contribution in [1.82, 2.24) is 15.6 Å². The summed E-state index contributed by atoms with van der Waals surface area (Å²) in [4.78, 5) is 42.3. The van der Waals surface area contributed by atoms with Crippen LogP contribution in [0.4, 0.5) is 10.5 Å². The molecular formula is C23H22N4O3. The first-order valence-corrected chi connectivity index (χ1v) is 10.2. The molecule has 2 heterocycles. The fourth-order valence-electron chi connectivity index (χ4n) is 4.49. The SMILES string of the molecule is O=C(C[C@@H]1NC(=O)N(c2ccccc2)C1=O)N[C@H]1CCCc2c1[nH]c1ccccc21. The number of nitrogens with zero attached hydrogens (tertiary/aromatic N) is 1. The molecule has 5 rings (SSSR count). The zero-order valence-corrected chi connectivity index (χ0v) is 16.4. The second kappa shape index (κ2) is 7.33.